The van der Waals surface area contributed by atoms with Crippen LogP contribution in [-0.2, 0) is 0 Å². The van der Waals surface area contributed by atoms with Gasteiger partial charge in [0.2, 0.25) is 5.28 Å². The minimum atomic E-state index is 0.288. The van der Waals surface area contributed by atoms with E-state index >= 15 is 0 Å². The summed E-state index contributed by atoms with van der Waals surface area (Å²) in [5.41, 5.74) is 3.59. The highest BCUT2D eigenvalue weighted by molar-refractivity contribution is 7.18. The summed E-state index contributed by atoms with van der Waals surface area (Å²) in [6.07, 6.45) is 0. The molecule has 2 aromatic heterocycles. The van der Waals surface area contributed by atoms with Gasteiger partial charge >= 0.3 is 0 Å². The Kier molecular flexibility index (Phi) is 3.59. The maximum Gasteiger partial charge on any atom is 0.225 e. The summed E-state index contributed by atoms with van der Waals surface area (Å²) in [7, 11) is 2.02. The standard InChI is InChI=1S/C16H16ClN3S/c1-9-5-6-13(10(2)7-9)20(4)14-12-8-11(3)21-15(12)19-16(17)18-14/h5-8H,1-4H3. The molecule has 0 spiro atoms. The second-order valence-corrected chi connectivity index (χ2v) is 6.81. The van der Waals surface area contributed by atoms with E-state index in [1.54, 1.807) is 11.3 Å². The Balaban J connectivity index is 2.19. The highest BCUT2D eigenvalue weighted by atomic mass is 35.5. The number of fused-ring (bicyclic) bond motifs is 1. The summed E-state index contributed by atoms with van der Waals surface area (Å²) in [4.78, 5) is 13.0. The first kappa shape index (κ1) is 14.3. The number of halogens is 1. The number of nitrogens with zero attached hydrogens (tertiary/aromatic N) is 3. The van der Waals surface area contributed by atoms with E-state index in [1.165, 1.54) is 16.0 Å². The largest absolute Gasteiger partial charge is 0.329 e. The molecule has 3 nitrogen and oxygen atoms in total. The van der Waals surface area contributed by atoms with Crippen molar-refractivity contribution in [1.82, 2.24) is 9.97 Å². The molecule has 3 aromatic rings. The highest BCUT2D eigenvalue weighted by Gasteiger charge is 2.15. The number of aromatic nitrogens is 2. The van der Waals surface area contributed by atoms with Crippen molar-refractivity contribution in [2.45, 2.75) is 20.8 Å². The van der Waals surface area contributed by atoms with Crippen molar-refractivity contribution in [1.29, 1.82) is 0 Å². The minimum Gasteiger partial charge on any atom is -0.329 e. The summed E-state index contributed by atoms with van der Waals surface area (Å²) in [6.45, 7) is 6.28. The maximum atomic E-state index is 6.09. The van der Waals surface area contributed by atoms with Crippen molar-refractivity contribution in [3.8, 4) is 0 Å². The van der Waals surface area contributed by atoms with Gasteiger partial charge in [0.25, 0.3) is 0 Å². The zero-order valence-electron chi connectivity index (χ0n) is 12.4. The van der Waals surface area contributed by atoms with Gasteiger partial charge in [-0.15, -0.1) is 11.3 Å². The Labute approximate surface area is 133 Å². The second-order valence-electron chi connectivity index (χ2n) is 5.24. The number of anilines is 2. The van der Waals surface area contributed by atoms with Crippen LogP contribution >= 0.6 is 22.9 Å². The molecule has 0 radical (unpaired) electrons. The summed E-state index contributed by atoms with van der Waals surface area (Å²) < 4.78 is 0. The summed E-state index contributed by atoms with van der Waals surface area (Å²) >= 11 is 7.72. The Morgan fingerprint density at radius 1 is 1.10 bits per heavy atom. The van der Waals surface area contributed by atoms with E-state index in [1.807, 2.05) is 7.05 Å². The number of benzene rings is 1. The minimum absolute atomic E-state index is 0.288. The fraction of sp³-hybridized carbons (Fsp3) is 0.250. The van der Waals surface area contributed by atoms with Crippen LogP contribution < -0.4 is 4.90 Å². The van der Waals surface area contributed by atoms with Gasteiger partial charge in [-0.2, -0.15) is 4.98 Å². The van der Waals surface area contributed by atoms with Crippen LogP contribution in [-0.4, -0.2) is 17.0 Å². The third-order valence-corrected chi connectivity index (χ3v) is 4.61. The van der Waals surface area contributed by atoms with Gasteiger partial charge in [-0.1, -0.05) is 17.7 Å². The molecule has 5 heteroatoms. The quantitative estimate of drug-likeness (QED) is 0.620. The molecule has 0 aliphatic heterocycles. The van der Waals surface area contributed by atoms with Crippen LogP contribution in [0.2, 0.25) is 5.28 Å². The molecule has 0 bridgehead atoms. The number of thiophene rings is 1. The monoisotopic (exact) mass is 317 g/mol. The zero-order chi connectivity index (χ0) is 15.1. The fourth-order valence-corrected chi connectivity index (χ4v) is 3.64. The topological polar surface area (TPSA) is 29.0 Å². The molecule has 3 rings (SSSR count). The predicted molar refractivity (Wildman–Crippen MR) is 91.1 cm³/mol. The third-order valence-electron chi connectivity index (χ3n) is 3.50. The van der Waals surface area contributed by atoms with Crippen molar-refractivity contribution >= 4 is 44.7 Å². The zero-order valence-corrected chi connectivity index (χ0v) is 14.0. The predicted octanol–water partition coefficient (Wildman–Crippen LogP) is 5.04. The van der Waals surface area contributed by atoms with E-state index in [4.69, 9.17) is 11.6 Å². The van der Waals surface area contributed by atoms with Crippen molar-refractivity contribution in [3.63, 3.8) is 0 Å². The molecule has 0 saturated heterocycles. The van der Waals surface area contributed by atoms with Crippen LogP contribution in [0.1, 0.15) is 16.0 Å². The number of rotatable bonds is 2. The third kappa shape index (κ3) is 2.61. The molecule has 21 heavy (non-hydrogen) atoms. The van der Waals surface area contributed by atoms with E-state index in [0.717, 1.165) is 21.7 Å². The molecule has 0 saturated carbocycles. The molecule has 0 atom stereocenters. The summed E-state index contributed by atoms with van der Waals surface area (Å²) in [5.74, 6) is 0.848. The average molecular weight is 318 g/mol. The highest BCUT2D eigenvalue weighted by Crippen LogP contribution is 2.35. The summed E-state index contributed by atoms with van der Waals surface area (Å²) in [6, 6.07) is 8.51. The average Bonchev–Trinajstić information content (AvgIpc) is 2.77. The van der Waals surface area contributed by atoms with Crippen LogP contribution in [0.3, 0.4) is 0 Å². The van der Waals surface area contributed by atoms with Crippen LogP contribution in [0.5, 0.6) is 0 Å². The molecule has 1 aromatic carbocycles. The molecule has 0 fully saturated rings. The smallest absolute Gasteiger partial charge is 0.225 e. The molecule has 0 aliphatic carbocycles. The van der Waals surface area contributed by atoms with Crippen LogP contribution in [0, 0.1) is 20.8 Å². The lowest BCUT2D eigenvalue weighted by atomic mass is 10.1. The van der Waals surface area contributed by atoms with Gasteiger partial charge < -0.3 is 4.90 Å². The van der Waals surface area contributed by atoms with Gasteiger partial charge in [-0.05, 0) is 50.1 Å². The SMILES string of the molecule is Cc1ccc(N(C)c2nc(Cl)nc3sc(C)cc23)c(C)c1. The normalized spacial score (nSPS) is 11.1. The number of aryl methyl sites for hydroxylation is 3. The number of hydrogen-bond donors (Lipinski definition) is 0. The van der Waals surface area contributed by atoms with Crippen LogP contribution in [0.15, 0.2) is 24.3 Å². The van der Waals surface area contributed by atoms with Crippen LogP contribution in [0.25, 0.3) is 10.2 Å². The second kappa shape index (κ2) is 5.28. The molecule has 0 unspecified atom stereocenters. The van der Waals surface area contributed by atoms with E-state index < -0.39 is 0 Å². The molecular formula is C16H16ClN3S. The molecular weight excluding hydrogens is 302 g/mol. The van der Waals surface area contributed by atoms with Gasteiger partial charge in [0.15, 0.2) is 0 Å². The Morgan fingerprint density at radius 2 is 1.86 bits per heavy atom. The van der Waals surface area contributed by atoms with Gasteiger partial charge in [-0.25, -0.2) is 4.98 Å². The van der Waals surface area contributed by atoms with Gasteiger partial charge in [0, 0.05) is 17.6 Å². The molecule has 0 N–H and O–H groups in total. The van der Waals surface area contributed by atoms with Crippen molar-refractivity contribution < 1.29 is 0 Å². The van der Waals surface area contributed by atoms with Crippen molar-refractivity contribution in [3.05, 3.63) is 45.6 Å². The Morgan fingerprint density at radius 3 is 2.57 bits per heavy atom. The van der Waals surface area contributed by atoms with Crippen LogP contribution in [0.4, 0.5) is 11.5 Å². The van der Waals surface area contributed by atoms with Gasteiger partial charge in [-0.3, -0.25) is 0 Å². The Bertz CT molecular complexity index is 826. The Hall–Kier alpha value is -1.65. The number of hydrogen-bond acceptors (Lipinski definition) is 4. The van der Waals surface area contributed by atoms with E-state index in [0.29, 0.717) is 0 Å². The lowest BCUT2D eigenvalue weighted by molar-refractivity contribution is 1.10. The van der Waals surface area contributed by atoms with E-state index in [2.05, 4.69) is 59.9 Å². The first-order valence-electron chi connectivity index (χ1n) is 6.70. The first-order valence-corrected chi connectivity index (χ1v) is 7.90. The van der Waals surface area contributed by atoms with Gasteiger partial charge in [0.1, 0.15) is 10.6 Å². The lowest BCUT2D eigenvalue weighted by Gasteiger charge is -2.21. The van der Waals surface area contributed by atoms with Gasteiger partial charge in [0.05, 0.1) is 5.39 Å². The van der Waals surface area contributed by atoms with Crippen molar-refractivity contribution in [2.75, 3.05) is 11.9 Å². The first-order chi connectivity index (χ1) is 9.95. The molecule has 0 amide bonds. The molecule has 108 valence electrons. The molecule has 2 heterocycles. The summed E-state index contributed by atoms with van der Waals surface area (Å²) in [5, 5.41) is 1.33. The van der Waals surface area contributed by atoms with Crippen molar-refractivity contribution in [2.24, 2.45) is 0 Å². The van der Waals surface area contributed by atoms with E-state index in [-0.39, 0.29) is 5.28 Å². The fourth-order valence-electron chi connectivity index (χ4n) is 2.55. The van der Waals surface area contributed by atoms with E-state index in [9.17, 15) is 0 Å². The molecule has 0 aliphatic rings. The maximum absolute atomic E-state index is 6.09. The lowest BCUT2D eigenvalue weighted by Crippen LogP contribution is -2.13.